The summed E-state index contributed by atoms with van der Waals surface area (Å²) in [6, 6.07) is 67.6. The number of esters is 2. The number of aldehydes is 1. The number of aliphatic hydroxyl groups excluding tert-OH is 2. The molecule has 0 bridgehead atoms. The summed E-state index contributed by atoms with van der Waals surface area (Å²) >= 11 is 21.0. The van der Waals surface area contributed by atoms with Crippen molar-refractivity contribution in [2.75, 3.05) is 20.3 Å². The zero-order chi connectivity index (χ0) is 76.4. The minimum atomic E-state index is -0.580. The number of fused-ring (bicyclic) bond motifs is 18. The van der Waals surface area contributed by atoms with Crippen LogP contribution in [0.25, 0.3) is 117 Å². The molecule has 1 saturated heterocycles. The molecule has 1 aliphatic heterocycles. The second-order valence-corrected chi connectivity index (χ2v) is 42.8. The maximum atomic E-state index is 13.0. The van der Waals surface area contributed by atoms with Gasteiger partial charge in [-0.1, -0.05) is 133 Å². The molecule has 4 unspecified atom stereocenters. The second kappa shape index (κ2) is 32.0. The van der Waals surface area contributed by atoms with Crippen LogP contribution in [0.3, 0.4) is 0 Å². The van der Waals surface area contributed by atoms with Gasteiger partial charge in [0.05, 0.1) is 67.9 Å². The van der Waals surface area contributed by atoms with E-state index in [1.165, 1.54) is 130 Å². The third-order valence-corrected chi connectivity index (χ3v) is 34.2. The van der Waals surface area contributed by atoms with Crippen LogP contribution in [0.15, 0.2) is 194 Å². The number of ether oxygens (including phenoxy) is 4. The fourth-order valence-electron chi connectivity index (χ4n) is 13.7. The smallest absolute Gasteiger partial charge is 0.311 e. The highest BCUT2D eigenvalue weighted by Crippen LogP contribution is 2.52. The molecule has 7 aromatic carbocycles. The Hall–Kier alpha value is -7.65. The normalized spacial score (nSPS) is 13.9. The Morgan fingerprint density at radius 3 is 0.964 bits per heavy atom. The molecule has 0 aliphatic carbocycles. The minimum Gasteiger partial charge on any atom is -0.487 e. The van der Waals surface area contributed by atoms with E-state index in [1.54, 1.807) is 109 Å². The van der Waals surface area contributed by atoms with Gasteiger partial charge in [-0.15, -0.1) is 125 Å². The zero-order valence-electron chi connectivity index (χ0n) is 61.7. The Morgan fingerprint density at radius 1 is 0.369 bits per heavy atom. The summed E-state index contributed by atoms with van der Waals surface area (Å²) in [5.41, 5.74) is 3.43. The first-order valence-corrected chi connectivity index (χ1v) is 46.5. The van der Waals surface area contributed by atoms with E-state index in [0.717, 1.165) is 71.2 Å². The molecular formula is C90H76O9S12. The first-order valence-electron chi connectivity index (χ1n) is 36.7. The van der Waals surface area contributed by atoms with Crippen LogP contribution in [0, 0.1) is 10.8 Å². The molecule has 0 amide bonds. The molecule has 13 heterocycles. The molecule has 0 spiro atoms. The number of methoxy groups -OCH3 is 1. The van der Waals surface area contributed by atoms with Crippen LogP contribution < -0.4 is 4.74 Å². The number of aliphatic hydroxyl groups is 2. The number of carbonyl (C=O) groups excluding carboxylic acids is 3. The van der Waals surface area contributed by atoms with Crippen molar-refractivity contribution in [3.05, 3.63) is 241 Å². The van der Waals surface area contributed by atoms with Gasteiger partial charge in [0.2, 0.25) is 0 Å². The van der Waals surface area contributed by atoms with Crippen molar-refractivity contribution in [2.45, 2.75) is 104 Å². The maximum absolute atomic E-state index is 13.0. The van der Waals surface area contributed by atoms with Crippen LogP contribution in [0.1, 0.15) is 130 Å². The van der Waals surface area contributed by atoms with Crippen LogP contribution in [-0.4, -0.2) is 48.8 Å². The van der Waals surface area contributed by atoms with E-state index in [9.17, 15) is 24.6 Å². The van der Waals surface area contributed by atoms with Crippen molar-refractivity contribution in [2.24, 2.45) is 10.8 Å². The molecule has 12 aromatic heterocycles. The fourth-order valence-corrected chi connectivity index (χ4v) is 28.6. The van der Waals surface area contributed by atoms with Gasteiger partial charge in [-0.05, 0) is 143 Å². The van der Waals surface area contributed by atoms with Crippen molar-refractivity contribution in [3.8, 4) is 5.06 Å². The number of hydrogen-bond donors (Lipinski definition) is 2. The van der Waals surface area contributed by atoms with Crippen molar-refractivity contribution in [3.63, 3.8) is 0 Å². The fraction of sp³-hybridized carbons (Fsp3) is 0.233. The Labute approximate surface area is 689 Å². The Morgan fingerprint density at radius 2 is 0.658 bits per heavy atom. The van der Waals surface area contributed by atoms with Crippen molar-refractivity contribution in [1.29, 1.82) is 0 Å². The molecule has 19 aromatic rings. The van der Waals surface area contributed by atoms with E-state index in [2.05, 4.69) is 115 Å². The molecule has 9 nitrogen and oxygen atoms in total. The Bertz CT molecular complexity index is 6280. The summed E-state index contributed by atoms with van der Waals surface area (Å²) in [6.45, 7) is 13.4. The van der Waals surface area contributed by atoms with Crippen molar-refractivity contribution < 1.29 is 43.5 Å². The monoisotopic (exact) mass is 1680 g/mol. The molecular weight excluding hydrogens is 1610 g/mol. The van der Waals surface area contributed by atoms with Gasteiger partial charge in [0, 0.05) is 148 Å². The lowest BCUT2D eigenvalue weighted by Crippen LogP contribution is -2.25. The molecule has 21 heteroatoms. The number of carbonyl (C=O) groups is 3. The van der Waals surface area contributed by atoms with Gasteiger partial charge in [0.15, 0.2) is 11.3 Å². The molecule has 4 atom stereocenters. The molecule has 1 fully saturated rings. The third kappa shape index (κ3) is 16.1. The quantitative estimate of drug-likeness (QED) is 0.0718. The summed E-state index contributed by atoms with van der Waals surface area (Å²) < 4.78 is 45.3. The zero-order valence-corrected chi connectivity index (χ0v) is 71.5. The van der Waals surface area contributed by atoms with E-state index in [1.807, 2.05) is 154 Å². The van der Waals surface area contributed by atoms with E-state index in [-0.39, 0.29) is 24.1 Å². The standard InChI is InChI=1S/C40H38O4S4.C30H22O2S4.C16H8O2S4.C4H8O/c1-39(2,3)37(41)43-27(17-23-13-9-7-10-14-23)31-21-33-35(47-31)25-19-30-26(20-29(25)45-33)36-34(46-30)22-32(48-36)28(44-38(42)40(4,5)6)18-24-15-11-8-12-16-24;31-21(11-17-7-3-1-4-8-17)25-15-27-29(35-25)19-13-24-20(14-23(19)33-27)30-28(34-24)16-26(36-30)22(32)12-18-9-5-2-6-10-18;1-18-14-5-13-16(22-14)9-4-10-8(3-11(9)21-13)15-12(20-10)2-7(6-17)19-15;1-2-4-5-3-1/h7-16,19-22,27-28H,17-18H2,1-6H3;1-10,13-16,21-22,31-32H,11-12H2;2-6H,1H3;1-4H2. The van der Waals surface area contributed by atoms with Gasteiger partial charge in [0.1, 0.15) is 12.2 Å². The lowest BCUT2D eigenvalue weighted by atomic mass is 9.97. The third-order valence-electron chi connectivity index (χ3n) is 19.5. The molecule has 20 rings (SSSR count). The van der Waals surface area contributed by atoms with Crippen LogP contribution in [0.5, 0.6) is 5.06 Å². The van der Waals surface area contributed by atoms with Gasteiger partial charge in [-0.3, -0.25) is 14.4 Å². The molecule has 562 valence electrons. The molecule has 111 heavy (non-hydrogen) atoms. The predicted octanol–water partition coefficient (Wildman–Crippen LogP) is 28.6. The lowest BCUT2D eigenvalue weighted by Gasteiger charge is -2.23. The van der Waals surface area contributed by atoms with Gasteiger partial charge < -0.3 is 29.2 Å². The molecule has 2 N–H and O–H groups in total. The largest absolute Gasteiger partial charge is 0.487 e. The first kappa shape index (κ1) is 76.0. The number of rotatable bonds is 16. The molecule has 0 radical (unpaired) electrons. The Balaban J connectivity index is 0.000000124. The van der Waals surface area contributed by atoms with Gasteiger partial charge in [-0.2, -0.15) is 0 Å². The predicted molar refractivity (Wildman–Crippen MR) is 483 cm³/mol. The summed E-state index contributed by atoms with van der Waals surface area (Å²) in [7, 11) is 1.72. The minimum absolute atomic E-state index is 0.191. The number of benzene rings is 7. The van der Waals surface area contributed by atoms with Crippen LogP contribution in [0.2, 0.25) is 0 Å². The SMILES string of the molecule is C1CCOC1.CC(C)(C)C(=O)OC(Cc1ccccc1)c1cc2sc3cc4c(cc3c2s1)sc1cc(C(Cc2ccccc2)OC(=O)C(C)(C)C)sc14.COc1cc2sc3cc4c(cc3c2s1)sc1cc(C=O)sc14.OC(Cc1ccccc1)c1cc2sc3cc4c(cc3c2s1)sc1cc(C(O)Cc2ccccc2)sc14. The highest BCUT2D eigenvalue weighted by Gasteiger charge is 2.32. The van der Waals surface area contributed by atoms with Crippen molar-refractivity contribution in [1.82, 2.24) is 0 Å². The van der Waals surface area contributed by atoms with Gasteiger partial charge in [-0.25, -0.2) is 0 Å². The van der Waals surface area contributed by atoms with Crippen molar-refractivity contribution >= 4 is 271 Å². The van der Waals surface area contributed by atoms with Crippen LogP contribution >= 0.6 is 136 Å². The average molecular weight is 1690 g/mol. The van der Waals surface area contributed by atoms with Crippen LogP contribution in [-0.2, 0) is 49.5 Å². The highest BCUT2D eigenvalue weighted by atomic mass is 32.1. The topological polar surface area (TPSA) is 129 Å². The highest BCUT2D eigenvalue weighted by molar-refractivity contribution is 7.37. The summed E-state index contributed by atoms with van der Waals surface area (Å²) in [6.07, 6.45) is 4.39. The molecule has 0 saturated carbocycles. The first-order chi connectivity index (χ1) is 53.7. The van der Waals surface area contributed by atoms with E-state index in [0.29, 0.717) is 25.7 Å². The van der Waals surface area contributed by atoms with Gasteiger partial charge in [0.25, 0.3) is 0 Å². The Kier molecular flexibility index (Phi) is 21.9. The van der Waals surface area contributed by atoms with E-state index >= 15 is 0 Å². The summed E-state index contributed by atoms with van der Waals surface area (Å²) in [5.74, 6) is -0.382. The molecule has 1 aliphatic rings. The van der Waals surface area contributed by atoms with Crippen LogP contribution in [0.4, 0.5) is 0 Å². The summed E-state index contributed by atoms with van der Waals surface area (Å²) in [5, 5.41) is 30.3. The summed E-state index contributed by atoms with van der Waals surface area (Å²) in [4.78, 5) is 42.0. The second-order valence-electron chi connectivity index (χ2n) is 29.8. The van der Waals surface area contributed by atoms with E-state index in [4.69, 9.17) is 18.9 Å². The number of thiophene rings is 12. The van der Waals surface area contributed by atoms with Gasteiger partial charge >= 0.3 is 11.9 Å². The van der Waals surface area contributed by atoms with E-state index < -0.39 is 23.0 Å². The maximum Gasteiger partial charge on any atom is 0.311 e. The average Bonchev–Trinajstić information content (AvgIpc) is 1.59. The number of hydrogen-bond acceptors (Lipinski definition) is 21. The lowest BCUT2D eigenvalue weighted by molar-refractivity contribution is -0.159.